The molecule has 676 valence electrons. The molecule has 10 amide bonds. The van der Waals surface area contributed by atoms with Crippen LogP contribution in [0.25, 0.3) is 10.9 Å². The number of alkyl carbamates (subject to hydrolysis) is 1. The Bertz CT molecular complexity index is 4470. The number of H-pyrrole nitrogens is 1. The second kappa shape index (κ2) is 47.4. The molecule has 8 rings (SSSR count). The van der Waals surface area contributed by atoms with Crippen molar-refractivity contribution in [3.05, 3.63) is 108 Å². The van der Waals surface area contributed by atoms with Crippen LogP contribution in [-0.2, 0) is 85.1 Å². The van der Waals surface area contributed by atoms with Crippen LogP contribution in [-0.4, -0.2) is 182 Å². The van der Waals surface area contributed by atoms with Crippen molar-refractivity contribution in [1.29, 1.82) is 0 Å². The minimum Gasteiger partial charge on any atom is -0.497 e. The highest BCUT2D eigenvalue weighted by molar-refractivity contribution is 7.89. The first-order chi connectivity index (χ1) is 58.5. The molecule has 1 aromatic heterocycles. The minimum absolute atomic E-state index is 0.00209. The summed E-state index contributed by atoms with van der Waals surface area (Å²) in [6.45, 7) is 12.1. The van der Waals surface area contributed by atoms with Crippen molar-refractivity contribution in [1.82, 2.24) is 57.6 Å². The SMILES string of the molecule is COc1ccc(S(=O)(=O)N[C@H](CC(=O)O)C(=O)N[C@@H](CCC(=O)O)C(=O)NCC(=O)N[C@@H](Cc2cccc(F)c2)C(=O)N[C@@H](Cc2c[nH]c3ccccc23)C(=O)N[C@@H](CCC(=O)O)C(=O)NCCCCCC(=O)N[C@@H](CCCCNC(=O)CCCCCNC(=O)O[C@H]2CC[C@@]3(C)C(=CCC4C3CC[C@@]3(C)C4CC[C@@H]3[C@H](C)CCCC(C)C)C2)C(N)=O)cc1. The van der Waals surface area contributed by atoms with E-state index in [4.69, 9.17) is 15.2 Å². The van der Waals surface area contributed by atoms with Crippen molar-refractivity contribution in [3.63, 3.8) is 0 Å². The van der Waals surface area contributed by atoms with Gasteiger partial charge in [0.2, 0.25) is 63.2 Å². The van der Waals surface area contributed by atoms with E-state index in [-0.39, 0.29) is 54.5 Å². The van der Waals surface area contributed by atoms with E-state index in [1.54, 1.807) is 30.5 Å². The molecular formula is C89H127FN12O20S. The van der Waals surface area contributed by atoms with Crippen molar-refractivity contribution in [2.75, 3.05) is 33.3 Å². The van der Waals surface area contributed by atoms with Gasteiger partial charge in [-0.2, -0.15) is 4.72 Å². The van der Waals surface area contributed by atoms with Gasteiger partial charge in [0.15, 0.2) is 0 Å². The van der Waals surface area contributed by atoms with Gasteiger partial charge in [0, 0.05) is 81.7 Å². The third kappa shape index (κ3) is 29.9. The Kier molecular flexibility index (Phi) is 37.7. The summed E-state index contributed by atoms with van der Waals surface area (Å²) in [5.41, 5.74) is 9.03. The number of fused-ring (bicyclic) bond motifs is 6. The van der Waals surface area contributed by atoms with Gasteiger partial charge in [-0.15, -0.1) is 0 Å². The van der Waals surface area contributed by atoms with Crippen LogP contribution in [0.3, 0.4) is 0 Å². The second-order valence-electron chi connectivity index (χ2n) is 34.5. The fraction of sp³-hybridized carbons (Fsp3) is 0.607. The van der Waals surface area contributed by atoms with E-state index in [2.05, 4.69) is 93.5 Å². The van der Waals surface area contributed by atoms with Crippen LogP contribution in [0.5, 0.6) is 5.75 Å². The molecule has 16 N–H and O–H groups in total. The Morgan fingerprint density at radius 1 is 0.569 bits per heavy atom. The number of unbranched alkanes of at least 4 members (excludes halogenated alkanes) is 5. The Morgan fingerprint density at radius 2 is 1.19 bits per heavy atom. The van der Waals surface area contributed by atoms with Gasteiger partial charge in [0.05, 0.1) is 25.0 Å². The molecule has 0 aliphatic heterocycles. The quantitative estimate of drug-likeness (QED) is 0.0146. The predicted molar refractivity (Wildman–Crippen MR) is 455 cm³/mol. The largest absolute Gasteiger partial charge is 0.497 e. The van der Waals surface area contributed by atoms with E-state index in [0.717, 1.165) is 86.0 Å². The first-order valence-corrected chi connectivity index (χ1v) is 44.9. The maximum absolute atomic E-state index is 14.7. The standard InChI is InChI=1S/C89H127FN12O20S/c1-54(2)19-17-20-55(3)65-34-35-66-64-33-28-58-50-61(40-42-88(58,4)67(64)41-43-89(65,66)5)122-87(118)94-46-15-7-9-26-75(103)92-44-16-13-25-69(81(91)112)97-76(104)27-10-8-14-45-93-82(113)70(36-38-78(106)107)99-85(116)73(49-57-52-95-68-24-12-11-23-63(57)68)101-84(115)72(48-56-21-18-22-59(90)47-56)98-77(105)53-96-83(114)71(37-39-79(108)109)100-86(117)74(51-80(110)111)102-123(119,120)62-31-29-60(121-6)30-32-62/h11-12,18,21-24,28-32,47,52,54-55,61,64-67,69-74,95,102H,7-10,13-17,19-20,25-27,33-46,48-51,53H2,1-6H3,(H2,91,112)(H,92,103)(H,93,113)(H,94,118)(H,96,114)(H,97,104)(H,98,105)(H,99,116)(H,100,117)(H,101,115)(H,106,107)(H,108,109)(H,110,111)/t55-,61+,64?,65-,66?,67?,69+,70+,71+,72+,73+,74-,88+,89-/m1/s1. The minimum atomic E-state index is -4.61. The van der Waals surface area contributed by atoms with Gasteiger partial charge in [-0.1, -0.05) is 109 Å². The lowest BCUT2D eigenvalue weighted by Gasteiger charge is -2.58. The number of para-hydroxylation sites is 1. The van der Waals surface area contributed by atoms with Crippen LogP contribution in [0.15, 0.2) is 95.5 Å². The van der Waals surface area contributed by atoms with Gasteiger partial charge < -0.3 is 83.4 Å². The van der Waals surface area contributed by atoms with E-state index >= 15 is 0 Å². The number of aromatic nitrogens is 1. The summed E-state index contributed by atoms with van der Waals surface area (Å²) < 4.78 is 54.3. The predicted octanol–water partition coefficient (Wildman–Crippen LogP) is 8.34. The number of carbonyl (C=O) groups is 13. The number of rotatable bonds is 52. The van der Waals surface area contributed by atoms with Crippen molar-refractivity contribution in [3.8, 4) is 5.75 Å². The Hall–Kier alpha value is -10.5. The fourth-order valence-electron chi connectivity index (χ4n) is 18.6. The van der Waals surface area contributed by atoms with Crippen LogP contribution in [0.4, 0.5) is 9.18 Å². The number of methoxy groups -OCH3 is 1. The molecule has 4 aromatic rings. The number of benzene rings is 3. The first-order valence-electron chi connectivity index (χ1n) is 43.4. The van der Waals surface area contributed by atoms with Crippen LogP contribution in [0, 0.1) is 52.2 Å². The smallest absolute Gasteiger partial charge is 0.407 e. The molecule has 123 heavy (non-hydrogen) atoms. The number of primary amides is 1. The summed E-state index contributed by atoms with van der Waals surface area (Å²) in [7, 11) is -3.28. The summed E-state index contributed by atoms with van der Waals surface area (Å²) in [5, 5.41) is 52.7. The highest BCUT2D eigenvalue weighted by Gasteiger charge is 2.59. The van der Waals surface area contributed by atoms with E-state index in [0.29, 0.717) is 92.3 Å². The average Bonchev–Trinajstić information content (AvgIpc) is 1.65. The molecule has 0 bridgehead atoms. The summed E-state index contributed by atoms with van der Waals surface area (Å²) in [4.78, 5) is 174. The zero-order valence-electron chi connectivity index (χ0n) is 71.6. The van der Waals surface area contributed by atoms with Crippen molar-refractivity contribution < 1.29 is 99.9 Å². The number of ether oxygens (including phenoxy) is 2. The lowest BCUT2D eigenvalue weighted by atomic mass is 9.47. The van der Waals surface area contributed by atoms with Gasteiger partial charge in [-0.05, 0) is 203 Å². The molecule has 14 atom stereocenters. The first kappa shape index (κ1) is 97.9. The molecule has 3 aromatic carbocycles. The Balaban J connectivity index is 0.747. The molecule has 3 fully saturated rings. The van der Waals surface area contributed by atoms with Gasteiger partial charge in [0.1, 0.15) is 53.9 Å². The van der Waals surface area contributed by atoms with Crippen molar-refractivity contribution in [2.45, 2.75) is 268 Å². The monoisotopic (exact) mass is 1730 g/mol. The molecule has 0 spiro atoms. The molecule has 4 aliphatic carbocycles. The highest BCUT2D eigenvalue weighted by atomic mass is 32.2. The lowest BCUT2D eigenvalue weighted by Crippen LogP contribution is -2.58. The number of carboxylic acids is 3. The molecular weight excluding hydrogens is 1610 g/mol. The number of allylic oxidation sites excluding steroid dienone is 1. The number of nitrogens with one attached hydrogen (secondary N) is 11. The summed E-state index contributed by atoms with van der Waals surface area (Å²) in [6, 6.07) is 7.02. The number of aromatic amines is 1. The molecule has 4 aliphatic rings. The number of carbonyl (C=O) groups excluding carboxylic acids is 10. The van der Waals surface area contributed by atoms with Gasteiger partial charge in [0.25, 0.3) is 0 Å². The van der Waals surface area contributed by atoms with Crippen molar-refractivity contribution in [2.24, 2.45) is 52.1 Å². The third-order valence-corrected chi connectivity index (χ3v) is 26.7. The summed E-state index contributed by atoms with van der Waals surface area (Å²) in [6.07, 6.45) is 17.1. The highest BCUT2D eigenvalue weighted by Crippen LogP contribution is 2.67. The van der Waals surface area contributed by atoms with E-state index in [9.17, 15) is 90.5 Å². The zero-order chi connectivity index (χ0) is 89.6. The van der Waals surface area contributed by atoms with Crippen LogP contribution in [0.2, 0.25) is 0 Å². The zero-order valence-corrected chi connectivity index (χ0v) is 72.4. The summed E-state index contributed by atoms with van der Waals surface area (Å²) in [5.74, 6) is -8.08. The molecule has 32 nitrogen and oxygen atoms in total. The maximum atomic E-state index is 14.7. The molecule has 0 saturated heterocycles. The second-order valence-corrected chi connectivity index (χ2v) is 36.2. The van der Waals surface area contributed by atoms with Gasteiger partial charge >= 0.3 is 24.0 Å². The van der Waals surface area contributed by atoms with E-state index < -0.39 is 173 Å². The van der Waals surface area contributed by atoms with Crippen LogP contribution in [0.1, 0.15) is 219 Å². The summed E-state index contributed by atoms with van der Waals surface area (Å²) >= 11 is 0. The Morgan fingerprint density at radius 3 is 1.84 bits per heavy atom. The van der Waals surface area contributed by atoms with Crippen molar-refractivity contribution >= 4 is 98.1 Å². The Labute approximate surface area is 718 Å². The van der Waals surface area contributed by atoms with Gasteiger partial charge in [-0.3, -0.25) is 57.5 Å². The third-order valence-electron chi connectivity index (χ3n) is 25.2. The average molecular weight is 1740 g/mol. The molecule has 34 heteroatoms. The number of aliphatic carboxylic acids is 3. The molecule has 0 radical (unpaired) electrons. The van der Waals surface area contributed by atoms with E-state index in [1.807, 2.05) is 4.72 Å². The number of hydrogen-bond donors (Lipinski definition) is 15. The number of nitrogens with two attached hydrogens (primary N) is 1. The number of carboxylic acid groups (broad SMARTS) is 3. The number of amides is 10. The number of hydrogen-bond acceptors (Lipinski definition) is 17. The normalized spacial score (nSPS) is 20.7. The maximum Gasteiger partial charge on any atom is 0.407 e. The molecule has 3 unspecified atom stereocenters. The van der Waals surface area contributed by atoms with Crippen LogP contribution >= 0.6 is 0 Å². The lowest BCUT2D eigenvalue weighted by molar-refractivity contribution is -0.140. The molecule has 3 saturated carbocycles. The topological polar surface area (TPSA) is 497 Å². The number of halogens is 1. The number of sulfonamides is 1. The molecule has 1 heterocycles. The fourth-order valence-corrected chi connectivity index (χ4v) is 19.8. The van der Waals surface area contributed by atoms with Gasteiger partial charge in [-0.25, -0.2) is 17.6 Å². The van der Waals surface area contributed by atoms with Crippen LogP contribution < -0.4 is 63.0 Å². The van der Waals surface area contributed by atoms with E-state index in [1.165, 1.54) is 81.9 Å².